The fourth-order valence-electron chi connectivity index (χ4n) is 2.58. The Morgan fingerprint density at radius 1 is 1.19 bits per heavy atom. The zero-order chi connectivity index (χ0) is 19.2. The number of hydrogen-bond acceptors (Lipinski definition) is 6. The van der Waals surface area contributed by atoms with Crippen molar-refractivity contribution in [2.45, 2.75) is 13.0 Å². The molecule has 0 aliphatic carbocycles. The number of nitrogens with zero attached hydrogens (tertiary/aromatic N) is 2. The molecule has 0 fully saturated rings. The molecular formula is C19H19N5O2S. The Morgan fingerprint density at radius 3 is 2.74 bits per heavy atom. The molecule has 0 aliphatic heterocycles. The Bertz CT molecular complexity index is 956. The van der Waals surface area contributed by atoms with Crippen LogP contribution in [0.4, 0.5) is 0 Å². The molecule has 2 heterocycles. The van der Waals surface area contributed by atoms with E-state index >= 15 is 0 Å². The van der Waals surface area contributed by atoms with E-state index in [1.807, 2.05) is 17.5 Å². The van der Waals surface area contributed by atoms with Gasteiger partial charge < -0.3 is 16.8 Å². The minimum absolute atomic E-state index is 0.0424. The van der Waals surface area contributed by atoms with Crippen molar-refractivity contribution in [3.05, 3.63) is 69.8 Å². The predicted octanol–water partition coefficient (Wildman–Crippen LogP) is 1.74. The van der Waals surface area contributed by atoms with Gasteiger partial charge in [-0.05, 0) is 30.0 Å². The molecule has 1 aromatic carbocycles. The number of carbonyl (C=O) groups excluding carboxylic acids is 2. The van der Waals surface area contributed by atoms with Crippen LogP contribution in [-0.2, 0) is 13.0 Å². The molecule has 0 spiro atoms. The first-order chi connectivity index (χ1) is 13.1. The third-order valence-corrected chi connectivity index (χ3v) is 4.87. The molecule has 0 radical (unpaired) electrons. The normalized spacial score (nSPS) is 10.6. The zero-order valence-corrected chi connectivity index (χ0v) is 15.3. The van der Waals surface area contributed by atoms with Crippen LogP contribution in [0.15, 0.2) is 48.0 Å². The van der Waals surface area contributed by atoms with Gasteiger partial charge in [-0.25, -0.2) is 4.98 Å². The Morgan fingerprint density at radius 2 is 2.04 bits per heavy atom. The van der Waals surface area contributed by atoms with E-state index in [2.05, 4.69) is 15.3 Å². The van der Waals surface area contributed by atoms with Crippen molar-refractivity contribution in [2.24, 2.45) is 11.5 Å². The van der Waals surface area contributed by atoms with Crippen LogP contribution in [0.3, 0.4) is 0 Å². The Balaban J connectivity index is 1.76. The number of nitrogens with two attached hydrogens (primary N) is 2. The lowest BCUT2D eigenvalue weighted by Crippen LogP contribution is -2.25. The van der Waals surface area contributed by atoms with E-state index in [9.17, 15) is 9.59 Å². The first kappa shape index (κ1) is 18.7. The van der Waals surface area contributed by atoms with Gasteiger partial charge in [0.15, 0.2) is 5.69 Å². The average molecular weight is 381 g/mol. The lowest BCUT2D eigenvalue weighted by molar-refractivity contribution is 0.0952. The van der Waals surface area contributed by atoms with E-state index in [1.54, 1.807) is 35.6 Å². The van der Waals surface area contributed by atoms with Gasteiger partial charge in [0.05, 0.1) is 17.6 Å². The summed E-state index contributed by atoms with van der Waals surface area (Å²) in [5.41, 5.74) is 12.9. The maximum Gasteiger partial charge on any atom is 0.269 e. The molecule has 0 atom stereocenters. The molecule has 0 saturated carbocycles. The first-order valence-electron chi connectivity index (χ1n) is 8.35. The fraction of sp³-hybridized carbons (Fsp3) is 0.158. The number of carbonyl (C=O) groups is 2. The Hall–Kier alpha value is -3.10. The highest BCUT2D eigenvalue weighted by Crippen LogP contribution is 2.19. The molecule has 0 bridgehead atoms. The Kier molecular flexibility index (Phi) is 5.90. The number of primary amides is 1. The summed E-state index contributed by atoms with van der Waals surface area (Å²) in [5.74, 6) is -0.859. The maximum atomic E-state index is 12.4. The number of rotatable bonds is 7. The Labute approximate surface area is 160 Å². The minimum atomic E-state index is -0.688. The summed E-state index contributed by atoms with van der Waals surface area (Å²) in [6, 6.07) is 11.0. The SMILES string of the molecule is NCc1ncc(-c2cccc(C(=O)NCCc3cccs3)c2)nc1C(N)=O. The third kappa shape index (κ3) is 4.55. The van der Waals surface area contributed by atoms with E-state index in [0.29, 0.717) is 29.1 Å². The van der Waals surface area contributed by atoms with E-state index in [-0.39, 0.29) is 18.1 Å². The molecule has 2 aromatic heterocycles. The number of amides is 2. The fourth-order valence-corrected chi connectivity index (χ4v) is 3.28. The van der Waals surface area contributed by atoms with Gasteiger partial charge in [0, 0.05) is 29.1 Å². The number of hydrogen-bond donors (Lipinski definition) is 3. The molecule has 7 nitrogen and oxygen atoms in total. The number of aromatic nitrogens is 2. The lowest BCUT2D eigenvalue weighted by atomic mass is 10.1. The van der Waals surface area contributed by atoms with Crippen molar-refractivity contribution >= 4 is 23.2 Å². The molecular weight excluding hydrogens is 362 g/mol. The average Bonchev–Trinajstić information content (AvgIpc) is 3.21. The lowest BCUT2D eigenvalue weighted by Gasteiger charge is -2.08. The van der Waals surface area contributed by atoms with Gasteiger partial charge in [0.2, 0.25) is 0 Å². The van der Waals surface area contributed by atoms with Gasteiger partial charge >= 0.3 is 0 Å². The van der Waals surface area contributed by atoms with E-state index < -0.39 is 5.91 Å². The largest absolute Gasteiger partial charge is 0.364 e. The van der Waals surface area contributed by atoms with Crippen LogP contribution in [0.2, 0.25) is 0 Å². The summed E-state index contributed by atoms with van der Waals surface area (Å²) < 4.78 is 0. The van der Waals surface area contributed by atoms with Gasteiger partial charge in [0.1, 0.15) is 0 Å². The molecule has 2 amide bonds. The molecule has 138 valence electrons. The second kappa shape index (κ2) is 8.52. The number of thiophene rings is 1. The molecule has 3 rings (SSSR count). The summed E-state index contributed by atoms with van der Waals surface area (Å²) in [6.07, 6.45) is 2.31. The monoisotopic (exact) mass is 381 g/mol. The third-order valence-electron chi connectivity index (χ3n) is 3.93. The van der Waals surface area contributed by atoms with Crippen molar-refractivity contribution in [3.8, 4) is 11.3 Å². The van der Waals surface area contributed by atoms with E-state index in [1.165, 1.54) is 11.1 Å². The van der Waals surface area contributed by atoms with Crippen molar-refractivity contribution in [3.63, 3.8) is 0 Å². The van der Waals surface area contributed by atoms with Crippen LogP contribution in [0.1, 0.15) is 31.4 Å². The van der Waals surface area contributed by atoms with E-state index in [0.717, 1.165) is 6.42 Å². The molecule has 27 heavy (non-hydrogen) atoms. The highest BCUT2D eigenvalue weighted by molar-refractivity contribution is 7.09. The van der Waals surface area contributed by atoms with Crippen LogP contribution in [0.5, 0.6) is 0 Å². The molecule has 0 unspecified atom stereocenters. The summed E-state index contributed by atoms with van der Waals surface area (Å²) in [4.78, 5) is 33.6. The summed E-state index contributed by atoms with van der Waals surface area (Å²) in [6.45, 7) is 0.624. The molecule has 0 saturated heterocycles. The molecule has 5 N–H and O–H groups in total. The zero-order valence-electron chi connectivity index (χ0n) is 14.5. The van der Waals surface area contributed by atoms with Crippen LogP contribution in [-0.4, -0.2) is 28.3 Å². The van der Waals surface area contributed by atoms with Crippen LogP contribution in [0, 0.1) is 0 Å². The standard InChI is InChI=1S/C19H19N5O2S/c20-10-15-17(18(21)25)24-16(11-23-15)12-3-1-4-13(9-12)19(26)22-7-6-14-5-2-8-27-14/h1-5,8-9,11H,6-7,10,20H2,(H2,21,25)(H,22,26). The van der Waals surface area contributed by atoms with Crippen molar-refractivity contribution in [1.29, 1.82) is 0 Å². The summed E-state index contributed by atoms with van der Waals surface area (Å²) >= 11 is 1.66. The van der Waals surface area contributed by atoms with Crippen LogP contribution < -0.4 is 16.8 Å². The minimum Gasteiger partial charge on any atom is -0.364 e. The topological polar surface area (TPSA) is 124 Å². The smallest absolute Gasteiger partial charge is 0.269 e. The summed E-state index contributed by atoms with van der Waals surface area (Å²) in [5, 5.41) is 4.92. The van der Waals surface area contributed by atoms with E-state index in [4.69, 9.17) is 11.5 Å². The predicted molar refractivity (Wildman–Crippen MR) is 104 cm³/mol. The highest BCUT2D eigenvalue weighted by atomic mass is 32.1. The molecule has 8 heteroatoms. The summed E-state index contributed by atoms with van der Waals surface area (Å²) in [7, 11) is 0. The van der Waals surface area contributed by atoms with Crippen LogP contribution in [0.25, 0.3) is 11.3 Å². The number of nitrogens with one attached hydrogen (secondary N) is 1. The second-order valence-electron chi connectivity index (χ2n) is 5.78. The highest BCUT2D eigenvalue weighted by Gasteiger charge is 2.14. The van der Waals surface area contributed by atoms with Gasteiger partial charge in [-0.2, -0.15) is 0 Å². The van der Waals surface area contributed by atoms with Crippen molar-refractivity contribution in [1.82, 2.24) is 15.3 Å². The first-order valence-corrected chi connectivity index (χ1v) is 9.23. The maximum absolute atomic E-state index is 12.4. The van der Waals surface area contributed by atoms with Gasteiger partial charge in [-0.1, -0.05) is 18.2 Å². The van der Waals surface area contributed by atoms with Gasteiger partial charge in [0.25, 0.3) is 11.8 Å². The molecule has 0 aliphatic rings. The molecule has 3 aromatic rings. The van der Waals surface area contributed by atoms with Crippen molar-refractivity contribution < 1.29 is 9.59 Å². The van der Waals surface area contributed by atoms with Gasteiger partial charge in [-0.15, -0.1) is 11.3 Å². The quantitative estimate of drug-likeness (QED) is 0.575. The van der Waals surface area contributed by atoms with Crippen LogP contribution >= 0.6 is 11.3 Å². The number of benzene rings is 1. The van der Waals surface area contributed by atoms with Gasteiger partial charge in [-0.3, -0.25) is 14.6 Å². The second-order valence-corrected chi connectivity index (χ2v) is 6.82. The van der Waals surface area contributed by atoms with Crippen molar-refractivity contribution in [2.75, 3.05) is 6.54 Å².